The number of hydrogen-bond donors (Lipinski definition) is 1. The fourth-order valence-corrected chi connectivity index (χ4v) is 1.78. The van der Waals surface area contributed by atoms with Gasteiger partial charge in [0, 0.05) is 5.02 Å². The van der Waals surface area contributed by atoms with Crippen LogP contribution in [0.4, 0.5) is 5.69 Å². The molecule has 0 radical (unpaired) electrons. The average Bonchev–Trinajstić information content (AvgIpc) is 2.60. The first-order valence-corrected chi connectivity index (χ1v) is 5.93. The number of benzene rings is 1. The Morgan fingerprint density at radius 3 is 2.71 bits per heavy atom. The van der Waals surface area contributed by atoms with Crippen LogP contribution in [0, 0.1) is 13.8 Å². The molecule has 0 bridgehead atoms. The molecule has 0 saturated heterocycles. The van der Waals surface area contributed by atoms with Crippen LogP contribution in [0.1, 0.15) is 17.3 Å². The van der Waals surface area contributed by atoms with E-state index in [9.17, 15) is 0 Å². The molecule has 1 N–H and O–H groups in total. The van der Waals surface area contributed by atoms with Gasteiger partial charge in [-0.3, -0.25) is 0 Å². The van der Waals surface area contributed by atoms with E-state index < -0.39 is 0 Å². The van der Waals surface area contributed by atoms with Crippen LogP contribution in [0.3, 0.4) is 0 Å². The summed E-state index contributed by atoms with van der Waals surface area (Å²) in [7, 11) is 0. The van der Waals surface area contributed by atoms with Gasteiger partial charge in [-0.25, -0.2) is 4.98 Å². The minimum absolute atomic E-state index is 0.481. The third-order valence-electron chi connectivity index (χ3n) is 2.43. The van der Waals surface area contributed by atoms with Gasteiger partial charge in [-0.05, 0) is 32.0 Å². The molecule has 0 spiro atoms. The first-order valence-electron chi connectivity index (χ1n) is 5.18. The molecule has 0 aliphatic rings. The Balaban J connectivity index is 2.09. The van der Waals surface area contributed by atoms with Gasteiger partial charge in [-0.2, -0.15) is 0 Å². The van der Waals surface area contributed by atoms with Crippen molar-refractivity contribution in [3.63, 3.8) is 0 Å². The largest absolute Gasteiger partial charge is 0.444 e. The van der Waals surface area contributed by atoms with Crippen LogP contribution >= 0.6 is 23.2 Å². The first kappa shape index (κ1) is 12.3. The normalized spacial score (nSPS) is 10.6. The SMILES string of the molecule is Cc1nc(CNc2cc(Cl)ccc2Cl)oc1C. The topological polar surface area (TPSA) is 38.1 Å². The van der Waals surface area contributed by atoms with E-state index in [1.165, 1.54) is 0 Å². The molecule has 2 aromatic rings. The third-order valence-corrected chi connectivity index (χ3v) is 3.00. The smallest absolute Gasteiger partial charge is 0.213 e. The second-order valence-corrected chi connectivity index (χ2v) is 4.57. The number of rotatable bonds is 3. The molecule has 0 aliphatic heterocycles. The van der Waals surface area contributed by atoms with Gasteiger partial charge >= 0.3 is 0 Å². The molecule has 1 aromatic carbocycles. The van der Waals surface area contributed by atoms with E-state index in [0.29, 0.717) is 22.5 Å². The molecule has 0 saturated carbocycles. The molecule has 2 rings (SSSR count). The lowest BCUT2D eigenvalue weighted by Crippen LogP contribution is -2.00. The number of anilines is 1. The highest BCUT2D eigenvalue weighted by molar-refractivity contribution is 6.35. The van der Waals surface area contributed by atoms with E-state index in [1.54, 1.807) is 18.2 Å². The van der Waals surface area contributed by atoms with Gasteiger partial charge in [-0.1, -0.05) is 23.2 Å². The number of aromatic nitrogens is 1. The van der Waals surface area contributed by atoms with E-state index in [2.05, 4.69) is 10.3 Å². The monoisotopic (exact) mass is 270 g/mol. The Bertz CT molecular complexity index is 518. The summed E-state index contributed by atoms with van der Waals surface area (Å²) >= 11 is 11.9. The summed E-state index contributed by atoms with van der Waals surface area (Å²) in [6.45, 7) is 4.28. The highest BCUT2D eigenvalue weighted by Gasteiger charge is 2.06. The van der Waals surface area contributed by atoms with Crippen LogP contribution < -0.4 is 5.32 Å². The van der Waals surface area contributed by atoms with Gasteiger partial charge in [0.25, 0.3) is 0 Å². The number of oxazole rings is 1. The van der Waals surface area contributed by atoms with E-state index in [4.69, 9.17) is 27.6 Å². The zero-order valence-electron chi connectivity index (χ0n) is 9.55. The quantitative estimate of drug-likeness (QED) is 0.908. The zero-order valence-corrected chi connectivity index (χ0v) is 11.1. The van der Waals surface area contributed by atoms with Crippen molar-refractivity contribution in [3.05, 3.63) is 45.6 Å². The Labute approximate surface area is 110 Å². The van der Waals surface area contributed by atoms with Crippen molar-refractivity contribution in [2.45, 2.75) is 20.4 Å². The lowest BCUT2D eigenvalue weighted by molar-refractivity contribution is 0.478. The summed E-state index contributed by atoms with van der Waals surface area (Å²) in [6.07, 6.45) is 0. The van der Waals surface area contributed by atoms with Crippen molar-refractivity contribution in [1.29, 1.82) is 0 Å². The fourth-order valence-electron chi connectivity index (χ4n) is 1.42. The van der Waals surface area contributed by atoms with Crippen LogP contribution in [0.2, 0.25) is 10.0 Å². The number of nitrogens with zero attached hydrogens (tertiary/aromatic N) is 1. The van der Waals surface area contributed by atoms with Gasteiger partial charge < -0.3 is 9.73 Å². The predicted molar refractivity (Wildman–Crippen MR) is 69.8 cm³/mol. The van der Waals surface area contributed by atoms with Crippen LogP contribution in [0.5, 0.6) is 0 Å². The zero-order chi connectivity index (χ0) is 12.4. The Morgan fingerprint density at radius 1 is 1.29 bits per heavy atom. The maximum absolute atomic E-state index is 6.03. The molecule has 0 amide bonds. The van der Waals surface area contributed by atoms with Gasteiger partial charge in [-0.15, -0.1) is 0 Å². The fraction of sp³-hybridized carbons (Fsp3) is 0.250. The van der Waals surface area contributed by atoms with Gasteiger partial charge in [0.2, 0.25) is 5.89 Å². The van der Waals surface area contributed by atoms with Crippen LogP contribution in [0.25, 0.3) is 0 Å². The maximum atomic E-state index is 6.03. The summed E-state index contributed by atoms with van der Waals surface area (Å²) < 4.78 is 5.46. The number of halogens is 2. The molecule has 5 heteroatoms. The van der Waals surface area contributed by atoms with Crippen molar-refractivity contribution in [2.75, 3.05) is 5.32 Å². The average molecular weight is 271 g/mol. The molecule has 1 heterocycles. The first-order chi connectivity index (χ1) is 8.06. The summed E-state index contributed by atoms with van der Waals surface area (Å²) in [5.74, 6) is 1.47. The lowest BCUT2D eigenvalue weighted by atomic mass is 10.3. The second-order valence-electron chi connectivity index (χ2n) is 3.73. The molecule has 0 unspecified atom stereocenters. The van der Waals surface area contributed by atoms with Crippen LogP contribution in [0.15, 0.2) is 22.6 Å². The van der Waals surface area contributed by atoms with Crippen molar-refractivity contribution in [3.8, 4) is 0 Å². The van der Waals surface area contributed by atoms with E-state index in [-0.39, 0.29) is 0 Å². The molecule has 3 nitrogen and oxygen atoms in total. The lowest BCUT2D eigenvalue weighted by Gasteiger charge is -2.06. The standard InChI is InChI=1S/C12H12Cl2N2O/c1-7-8(2)17-12(16-7)6-15-11-5-9(13)3-4-10(11)14/h3-5,15H,6H2,1-2H3. The molecule has 1 aromatic heterocycles. The molecule has 0 fully saturated rings. The van der Waals surface area contributed by atoms with Crippen molar-refractivity contribution >= 4 is 28.9 Å². The highest BCUT2D eigenvalue weighted by atomic mass is 35.5. The number of nitrogens with one attached hydrogen (secondary N) is 1. The van der Waals surface area contributed by atoms with Crippen LogP contribution in [-0.4, -0.2) is 4.98 Å². The Kier molecular flexibility index (Phi) is 3.60. The molecular formula is C12H12Cl2N2O. The molecular weight excluding hydrogens is 259 g/mol. The summed E-state index contributed by atoms with van der Waals surface area (Å²) in [5.41, 5.74) is 1.67. The number of aryl methyl sites for hydroxylation is 2. The molecule has 17 heavy (non-hydrogen) atoms. The molecule has 90 valence electrons. The minimum Gasteiger partial charge on any atom is -0.444 e. The van der Waals surface area contributed by atoms with E-state index >= 15 is 0 Å². The van der Waals surface area contributed by atoms with Crippen molar-refractivity contribution in [1.82, 2.24) is 4.98 Å². The third kappa shape index (κ3) is 2.93. The summed E-state index contributed by atoms with van der Waals surface area (Å²) in [4.78, 5) is 4.27. The Morgan fingerprint density at radius 2 is 2.06 bits per heavy atom. The predicted octanol–water partition coefficient (Wildman–Crippen LogP) is 4.21. The van der Waals surface area contributed by atoms with E-state index in [0.717, 1.165) is 17.1 Å². The summed E-state index contributed by atoms with van der Waals surface area (Å²) in [5, 5.41) is 4.39. The highest BCUT2D eigenvalue weighted by Crippen LogP contribution is 2.25. The summed E-state index contributed by atoms with van der Waals surface area (Å²) in [6, 6.07) is 5.26. The van der Waals surface area contributed by atoms with Crippen molar-refractivity contribution in [2.24, 2.45) is 0 Å². The van der Waals surface area contributed by atoms with Crippen LogP contribution in [-0.2, 0) is 6.54 Å². The van der Waals surface area contributed by atoms with Crippen molar-refractivity contribution < 1.29 is 4.42 Å². The van der Waals surface area contributed by atoms with Gasteiger partial charge in [0.05, 0.1) is 22.9 Å². The Hall–Kier alpha value is -1.19. The van der Waals surface area contributed by atoms with E-state index in [1.807, 2.05) is 13.8 Å². The molecule has 0 atom stereocenters. The second kappa shape index (κ2) is 4.98. The molecule has 0 aliphatic carbocycles. The van der Waals surface area contributed by atoms with Gasteiger partial charge in [0.1, 0.15) is 5.76 Å². The maximum Gasteiger partial charge on any atom is 0.213 e. The van der Waals surface area contributed by atoms with Gasteiger partial charge in [0.15, 0.2) is 0 Å². The number of hydrogen-bond acceptors (Lipinski definition) is 3. The minimum atomic E-state index is 0.481.